The summed E-state index contributed by atoms with van der Waals surface area (Å²) in [4.78, 5) is 15.4. The molecular weight excluding hydrogens is 268 g/mol. The number of aromatic nitrogens is 1. The molecule has 0 unspecified atom stereocenters. The minimum Gasteiger partial charge on any atom is -0.383 e. The van der Waals surface area contributed by atoms with Gasteiger partial charge < -0.3 is 15.4 Å². The Bertz CT molecular complexity index is 473. The molecule has 0 radical (unpaired) electrons. The van der Waals surface area contributed by atoms with Crippen LogP contribution in [-0.2, 0) is 9.53 Å². The lowest BCUT2D eigenvalue weighted by molar-refractivity contribution is -0.121. The van der Waals surface area contributed by atoms with E-state index in [-0.39, 0.29) is 11.6 Å². The molecule has 1 aromatic rings. The number of hydrogen-bond donors (Lipinski definition) is 2. The Morgan fingerprint density at radius 2 is 2.32 bits per heavy atom. The average Bonchev–Trinajstić information content (AvgIpc) is 2.41. The highest BCUT2D eigenvalue weighted by Crippen LogP contribution is 2.15. The highest BCUT2D eigenvalue weighted by Gasteiger charge is 2.04. The molecule has 0 atom stereocenters. The average molecular weight is 283 g/mol. The number of halogens is 1. The number of anilines is 1. The first-order valence-electron chi connectivity index (χ1n) is 5.73. The van der Waals surface area contributed by atoms with Gasteiger partial charge >= 0.3 is 0 Å². The van der Waals surface area contributed by atoms with Gasteiger partial charge in [0.2, 0.25) is 5.91 Å². The number of hydrogen-bond acceptors (Lipinski definition) is 5. The molecule has 0 aliphatic heterocycles. The predicted molar refractivity (Wildman–Crippen MR) is 72.0 cm³/mol. The van der Waals surface area contributed by atoms with Crippen molar-refractivity contribution in [3.63, 3.8) is 0 Å². The van der Waals surface area contributed by atoms with E-state index in [9.17, 15) is 4.79 Å². The van der Waals surface area contributed by atoms with Crippen molar-refractivity contribution >= 4 is 23.3 Å². The van der Waals surface area contributed by atoms with E-state index in [0.717, 1.165) is 0 Å². The minimum absolute atomic E-state index is 0.0704. The van der Waals surface area contributed by atoms with Gasteiger partial charge in [-0.25, -0.2) is 4.98 Å². The van der Waals surface area contributed by atoms with E-state index in [0.29, 0.717) is 37.0 Å². The molecule has 0 aliphatic carbocycles. The van der Waals surface area contributed by atoms with Gasteiger partial charge in [-0.1, -0.05) is 11.6 Å². The van der Waals surface area contributed by atoms with Gasteiger partial charge in [0, 0.05) is 26.6 Å². The van der Waals surface area contributed by atoms with E-state index in [4.69, 9.17) is 21.6 Å². The van der Waals surface area contributed by atoms with E-state index in [1.807, 2.05) is 6.07 Å². The van der Waals surface area contributed by atoms with E-state index in [1.165, 1.54) is 0 Å². The second-order valence-corrected chi connectivity index (χ2v) is 4.07. The Balaban J connectivity index is 2.33. The number of ether oxygens (including phenoxy) is 1. The molecule has 6 nitrogen and oxygen atoms in total. The molecule has 19 heavy (non-hydrogen) atoms. The largest absolute Gasteiger partial charge is 0.383 e. The van der Waals surface area contributed by atoms with Crippen LogP contribution in [0, 0.1) is 11.3 Å². The number of pyridine rings is 1. The molecule has 0 aromatic carbocycles. The number of methoxy groups -OCH3 is 1. The zero-order chi connectivity index (χ0) is 14.1. The van der Waals surface area contributed by atoms with Gasteiger partial charge in [0.15, 0.2) is 5.69 Å². The van der Waals surface area contributed by atoms with Crippen LogP contribution in [0.1, 0.15) is 12.1 Å². The van der Waals surface area contributed by atoms with Crippen LogP contribution in [0.5, 0.6) is 0 Å². The number of nitrogens with zero attached hydrogens (tertiary/aromatic N) is 2. The quantitative estimate of drug-likeness (QED) is 0.733. The van der Waals surface area contributed by atoms with Crippen LogP contribution >= 0.6 is 11.6 Å². The molecule has 0 aliphatic rings. The van der Waals surface area contributed by atoms with Gasteiger partial charge in [-0.05, 0) is 12.1 Å². The second kappa shape index (κ2) is 8.29. The number of carbonyl (C=O) groups excluding carboxylic acids is 1. The van der Waals surface area contributed by atoms with Crippen molar-refractivity contribution in [2.75, 3.05) is 32.1 Å². The number of amides is 1. The summed E-state index contributed by atoms with van der Waals surface area (Å²) in [7, 11) is 1.58. The minimum atomic E-state index is -0.0704. The van der Waals surface area contributed by atoms with Gasteiger partial charge in [0.05, 0.1) is 11.6 Å². The van der Waals surface area contributed by atoms with E-state index < -0.39 is 0 Å². The third kappa shape index (κ3) is 5.55. The zero-order valence-corrected chi connectivity index (χ0v) is 11.3. The first-order valence-corrected chi connectivity index (χ1v) is 6.11. The summed E-state index contributed by atoms with van der Waals surface area (Å²) >= 11 is 5.76. The second-order valence-electron chi connectivity index (χ2n) is 3.66. The Kier molecular flexibility index (Phi) is 6.64. The third-order valence-corrected chi connectivity index (χ3v) is 2.54. The van der Waals surface area contributed by atoms with E-state index >= 15 is 0 Å². The fourth-order valence-corrected chi connectivity index (χ4v) is 1.45. The predicted octanol–water partition coefficient (Wildman–Crippen LogP) is 1.17. The summed E-state index contributed by atoms with van der Waals surface area (Å²) in [5.74, 6) is 0.449. The Morgan fingerprint density at radius 1 is 1.53 bits per heavy atom. The van der Waals surface area contributed by atoms with Crippen LogP contribution < -0.4 is 10.6 Å². The van der Waals surface area contributed by atoms with Gasteiger partial charge in [0.25, 0.3) is 0 Å². The smallest absolute Gasteiger partial charge is 0.221 e. The van der Waals surface area contributed by atoms with Crippen LogP contribution in [0.25, 0.3) is 0 Å². The van der Waals surface area contributed by atoms with Crippen LogP contribution in [0.2, 0.25) is 5.02 Å². The Hall–Kier alpha value is -1.84. The summed E-state index contributed by atoms with van der Waals surface area (Å²) in [5.41, 5.74) is 0.163. The molecule has 0 bridgehead atoms. The fourth-order valence-electron chi connectivity index (χ4n) is 1.30. The van der Waals surface area contributed by atoms with Crippen molar-refractivity contribution < 1.29 is 9.53 Å². The molecule has 1 rings (SSSR count). The number of rotatable bonds is 7. The Morgan fingerprint density at radius 3 is 3.00 bits per heavy atom. The van der Waals surface area contributed by atoms with Crippen molar-refractivity contribution in [2.45, 2.75) is 6.42 Å². The summed E-state index contributed by atoms with van der Waals surface area (Å²) in [6, 6.07) is 5.14. The summed E-state index contributed by atoms with van der Waals surface area (Å²) in [6.45, 7) is 1.41. The molecule has 0 spiro atoms. The van der Waals surface area contributed by atoms with Gasteiger partial charge in [-0.15, -0.1) is 0 Å². The maximum atomic E-state index is 11.4. The fraction of sp³-hybridized carbons (Fsp3) is 0.417. The van der Waals surface area contributed by atoms with Crippen molar-refractivity contribution in [1.29, 1.82) is 5.26 Å². The molecule has 0 saturated heterocycles. The monoisotopic (exact) mass is 282 g/mol. The lowest BCUT2D eigenvalue weighted by atomic mass is 10.3. The van der Waals surface area contributed by atoms with Crippen molar-refractivity contribution in [3.8, 4) is 6.07 Å². The molecule has 7 heteroatoms. The molecule has 2 N–H and O–H groups in total. The lowest BCUT2D eigenvalue weighted by Crippen LogP contribution is -2.28. The van der Waals surface area contributed by atoms with Gasteiger partial charge in [-0.2, -0.15) is 5.26 Å². The van der Waals surface area contributed by atoms with Crippen LogP contribution in [-0.4, -0.2) is 37.7 Å². The third-order valence-electron chi connectivity index (χ3n) is 2.24. The van der Waals surface area contributed by atoms with Gasteiger partial charge in [-0.3, -0.25) is 4.79 Å². The molecule has 0 saturated carbocycles. The highest BCUT2D eigenvalue weighted by molar-refractivity contribution is 6.31. The lowest BCUT2D eigenvalue weighted by Gasteiger charge is -2.07. The van der Waals surface area contributed by atoms with Crippen molar-refractivity contribution in [2.24, 2.45) is 0 Å². The maximum absolute atomic E-state index is 11.4. The molecule has 102 valence electrons. The summed E-state index contributed by atoms with van der Waals surface area (Å²) < 4.78 is 4.82. The molecule has 1 aromatic heterocycles. The highest BCUT2D eigenvalue weighted by atomic mass is 35.5. The standard InChI is InChI=1S/C12H15ClN4O2/c1-19-7-6-16-12(18)4-5-15-11-3-2-9(13)10(8-14)17-11/h2-3H,4-7H2,1H3,(H,15,17)(H,16,18). The van der Waals surface area contributed by atoms with Crippen molar-refractivity contribution in [1.82, 2.24) is 10.3 Å². The maximum Gasteiger partial charge on any atom is 0.221 e. The molecule has 0 fully saturated rings. The topological polar surface area (TPSA) is 87.0 Å². The first-order chi connectivity index (χ1) is 9.17. The van der Waals surface area contributed by atoms with Crippen LogP contribution in [0.3, 0.4) is 0 Å². The molecule has 1 amide bonds. The molecular formula is C12H15ClN4O2. The number of carbonyl (C=O) groups is 1. The SMILES string of the molecule is COCCNC(=O)CCNc1ccc(Cl)c(C#N)n1. The van der Waals surface area contributed by atoms with Crippen LogP contribution in [0.4, 0.5) is 5.82 Å². The zero-order valence-electron chi connectivity index (χ0n) is 10.6. The van der Waals surface area contributed by atoms with Crippen molar-refractivity contribution in [3.05, 3.63) is 22.8 Å². The summed E-state index contributed by atoms with van der Waals surface area (Å²) in [5, 5.41) is 14.7. The van der Waals surface area contributed by atoms with Gasteiger partial charge in [0.1, 0.15) is 11.9 Å². The normalized spacial score (nSPS) is 9.74. The number of nitriles is 1. The van der Waals surface area contributed by atoms with E-state index in [2.05, 4.69) is 15.6 Å². The van der Waals surface area contributed by atoms with E-state index in [1.54, 1.807) is 19.2 Å². The summed E-state index contributed by atoms with van der Waals surface area (Å²) in [6.07, 6.45) is 0.315. The number of nitrogens with one attached hydrogen (secondary N) is 2. The first kappa shape index (κ1) is 15.2. The Labute approximate surface area is 116 Å². The molecule has 1 heterocycles. The van der Waals surface area contributed by atoms with Crippen LogP contribution in [0.15, 0.2) is 12.1 Å².